The van der Waals surface area contributed by atoms with Gasteiger partial charge in [0.25, 0.3) is 0 Å². The molecule has 0 saturated carbocycles. The number of benzene rings is 2. The van der Waals surface area contributed by atoms with Crippen LogP contribution in [0, 0.1) is 12.7 Å². The summed E-state index contributed by atoms with van der Waals surface area (Å²) < 4.78 is 20.0. The predicted octanol–water partition coefficient (Wildman–Crippen LogP) is 3.65. The maximum Gasteiger partial charge on any atom is 0.126 e. The molecule has 0 saturated heterocycles. The molecule has 2 aromatic rings. The molecule has 2 rings (SSSR count). The molecule has 0 aromatic heterocycles. The molecule has 21 heavy (non-hydrogen) atoms. The van der Waals surface area contributed by atoms with E-state index in [4.69, 9.17) is 10.6 Å². The fourth-order valence-corrected chi connectivity index (χ4v) is 2.65. The minimum absolute atomic E-state index is 0.191. The normalized spacial score (nSPS) is 12.2. The minimum Gasteiger partial charge on any atom is -0.496 e. The lowest BCUT2D eigenvalue weighted by Gasteiger charge is -2.18. The Balaban J connectivity index is 2.29. The van der Waals surface area contributed by atoms with Crippen LogP contribution in [0.25, 0.3) is 0 Å². The van der Waals surface area contributed by atoms with Gasteiger partial charge in [0.15, 0.2) is 0 Å². The summed E-state index contributed by atoms with van der Waals surface area (Å²) in [5.74, 6) is 6.20. The van der Waals surface area contributed by atoms with Gasteiger partial charge in [0.05, 0.1) is 13.2 Å². The van der Waals surface area contributed by atoms with Crippen molar-refractivity contribution >= 4 is 15.9 Å². The van der Waals surface area contributed by atoms with E-state index in [1.807, 2.05) is 25.1 Å². The van der Waals surface area contributed by atoms with Crippen molar-refractivity contribution in [3.05, 3.63) is 63.4 Å². The van der Waals surface area contributed by atoms with Gasteiger partial charge >= 0.3 is 0 Å². The van der Waals surface area contributed by atoms with Crippen LogP contribution in [0.3, 0.4) is 0 Å². The molecule has 0 fully saturated rings. The van der Waals surface area contributed by atoms with Gasteiger partial charge in [-0.1, -0.05) is 28.1 Å². The van der Waals surface area contributed by atoms with Crippen LogP contribution in [0.4, 0.5) is 4.39 Å². The van der Waals surface area contributed by atoms with Crippen LogP contribution < -0.4 is 16.0 Å². The standard InChI is InChI=1S/C16H18BrFN2O/c1-10-3-4-11(9-16(10)21-2)15(20-19)8-12-7-13(17)5-6-14(12)18/h3-7,9,15,20H,8,19H2,1-2H3. The van der Waals surface area contributed by atoms with E-state index < -0.39 is 0 Å². The molecule has 0 heterocycles. The van der Waals surface area contributed by atoms with Gasteiger partial charge in [-0.05, 0) is 54.3 Å². The van der Waals surface area contributed by atoms with Crippen molar-refractivity contribution in [2.45, 2.75) is 19.4 Å². The van der Waals surface area contributed by atoms with Gasteiger partial charge in [0.1, 0.15) is 11.6 Å². The second-order valence-electron chi connectivity index (χ2n) is 4.89. The summed E-state index contributed by atoms with van der Waals surface area (Å²) >= 11 is 3.36. The molecule has 0 radical (unpaired) electrons. The zero-order valence-electron chi connectivity index (χ0n) is 12.0. The summed E-state index contributed by atoms with van der Waals surface area (Å²) in [5.41, 5.74) is 5.35. The molecule has 2 aromatic carbocycles. The van der Waals surface area contributed by atoms with Gasteiger partial charge < -0.3 is 4.74 Å². The lowest BCUT2D eigenvalue weighted by molar-refractivity contribution is 0.409. The minimum atomic E-state index is -0.238. The summed E-state index contributed by atoms with van der Waals surface area (Å²) in [6, 6.07) is 10.6. The average Bonchev–Trinajstić information content (AvgIpc) is 2.49. The van der Waals surface area contributed by atoms with E-state index in [2.05, 4.69) is 21.4 Å². The van der Waals surface area contributed by atoms with Crippen LogP contribution in [0.15, 0.2) is 40.9 Å². The number of rotatable bonds is 5. The van der Waals surface area contributed by atoms with Crippen molar-refractivity contribution in [2.75, 3.05) is 7.11 Å². The van der Waals surface area contributed by atoms with Gasteiger partial charge in [-0.3, -0.25) is 11.3 Å². The highest BCUT2D eigenvalue weighted by molar-refractivity contribution is 9.10. The molecule has 0 bridgehead atoms. The topological polar surface area (TPSA) is 47.3 Å². The zero-order valence-corrected chi connectivity index (χ0v) is 13.6. The Bertz CT molecular complexity index is 634. The van der Waals surface area contributed by atoms with E-state index >= 15 is 0 Å². The lowest BCUT2D eigenvalue weighted by atomic mass is 9.98. The van der Waals surface area contributed by atoms with Crippen molar-refractivity contribution in [1.29, 1.82) is 0 Å². The Hall–Kier alpha value is -1.43. The van der Waals surface area contributed by atoms with E-state index in [1.165, 1.54) is 6.07 Å². The first-order valence-corrected chi connectivity index (χ1v) is 7.39. The molecule has 0 amide bonds. The Morgan fingerprint density at radius 1 is 1.29 bits per heavy atom. The monoisotopic (exact) mass is 352 g/mol. The molecule has 0 aliphatic heterocycles. The predicted molar refractivity (Wildman–Crippen MR) is 85.6 cm³/mol. The molecular weight excluding hydrogens is 335 g/mol. The van der Waals surface area contributed by atoms with Crippen molar-refractivity contribution in [1.82, 2.24) is 5.43 Å². The molecule has 5 heteroatoms. The highest BCUT2D eigenvalue weighted by atomic mass is 79.9. The Morgan fingerprint density at radius 3 is 2.71 bits per heavy atom. The summed E-state index contributed by atoms with van der Waals surface area (Å²) in [6.45, 7) is 1.97. The maximum atomic E-state index is 13.9. The first-order valence-electron chi connectivity index (χ1n) is 6.59. The van der Waals surface area contributed by atoms with Gasteiger partial charge in [-0.2, -0.15) is 0 Å². The van der Waals surface area contributed by atoms with Crippen LogP contribution in [-0.2, 0) is 6.42 Å². The molecule has 0 aliphatic rings. The fraction of sp³-hybridized carbons (Fsp3) is 0.250. The third kappa shape index (κ3) is 3.81. The number of methoxy groups -OCH3 is 1. The van der Waals surface area contributed by atoms with E-state index in [0.717, 1.165) is 21.3 Å². The largest absolute Gasteiger partial charge is 0.496 e. The fourth-order valence-electron chi connectivity index (χ4n) is 2.25. The van der Waals surface area contributed by atoms with E-state index in [1.54, 1.807) is 19.2 Å². The molecule has 0 aliphatic carbocycles. The van der Waals surface area contributed by atoms with Gasteiger partial charge in [0, 0.05) is 4.47 Å². The lowest BCUT2D eigenvalue weighted by Crippen LogP contribution is -2.29. The van der Waals surface area contributed by atoms with Crippen LogP contribution >= 0.6 is 15.9 Å². The number of ether oxygens (including phenoxy) is 1. The van der Waals surface area contributed by atoms with Crippen molar-refractivity contribution in [3.8, 4) is 5.75 Å². The molecule has 1 unspecified atom stereocenters. The van der Waals surface area contributed by atoms with E-state index in [-0.39, 0.29) is 11.9 Å². The van der Waals surface area contributed by atoms with Crippen LogP contribution in [0.5, 0.6) is 5.75 Å². The van der Waals surface area contributed by atoms with E-state index in [9.17, 15) is 4.39 Å². The molecule has 3 N–H and O–H groups in total. The number of aryl methyl sites for hydroxylation is 1. The highest BCUT2D eigenvalue weighted by Crippen LogP contribution is 2.26. The van der Waals surface area contributed by atoms with Crippen molar-refractivity contribution in [3.63, 3.8) is 0 Å². The molecule has 1 atom stereocenters. The van der Waals surface area contributed by atoms with Gasteiger partial charge in [-0.25, -0.2) is 4.39 Å². The SMILES string of the molecule is COc1cc(C(Cc2cc(Br)ccc2F)NN)ccc1C. The number of hydrogen-bond acceptors (Lipinski definition) is 3. The molecule has 0 spiro atoms. The highest BCUT2D eigenvalue weighted by Gasteiger charge is 2.15. The summed E-state index contributed by atoms with van der Waals surface area (Å²) in [7, 11) is 1.63. The van der Waals surface area contributed by atoms with Gasteiger partial charge in [-0.15, -0.1) is 0 Å². The van der Waals surface area contributed by atoms with Crippen molar-refractivity contribution < 1.29 is 9.13 Å². The average molecular weight is 353 g/mol. The first-order chi connectivity index (χ1) is 10.0. The Kier molecular flexibility index (Phi) is 5.33. The number of nitrogens with one attached hydrogen (secondary N) is 1. The smallest absolute Gasteiger partial charge is 0.126 e. The third-order valence-electron chi connectivity index (χ3n) is 3.47. The second-order valence-corrected chi connectivity index (χ2v) is 5.80. The summed E-state index contributed by atoms with van der Waals surface area (Å²) in [5, 5.41) is 0. The summed E-state index contributed by atoms with van der Waals surface area (Å²) in [4.78, 5) is 0. The van der Waals surface area contributed by atoms with Crippen molar-refractivity contribution in [2.24, 2.45) is 5.84 Å². The third-order valence-corrected chi connectivity index (χ3v) is 3.96. The second kappa shape index (κ2) is 7.02. The van der Waals surface area contributed by atoms with Crippen LogP contribution in [-0.4, -0.2) is 7.11 Å². The van der Waals surface area contributed by atoms with Gasteiger partial charge in [0.2, 0.25) is 0 Å². The first kappa shape index (κ1) is 15.9. The zero-order chi connectivity index (χ0) is 15.4. The number of hydrazine groups is 1. The van der Waals surface area contributed by atoms with E-state index in [0.29, 0.717) is 12.0 Å². The van der Waals surface area contributed by atoms with Crippen LogP contribution in [0.1, 0.15) is 22.7 Å². The number of nitrogens with two attached hydrogens (primary N) is 1. The Morgan fingerprint density at radius 2 is 2.05 bits per heavy atom. The molecule has 3 nitrogen and oxygen atoms in total. The van der Waals surface area contributed by atoms with Crippen LogP contribution in [0.2, 0.25) is 0 Å². The number of halogens is 2. The number of hydrogen-bond donors (Lipinski definition) is 2. The maximum absolute atomic E-state index is 13.9. The summed E-state index contributed by atoms with van der Waals surface area (Å²) in [6.07, 6.45) is 0.452. The quantitative estimate of drug-likeness (QED) is 0.637. The molecule has 112 valence electrons. The Labute approximate surface area is 132 Å². The molecular formula is C16H18BrFN2O.